The zero-order valence-corrected chi connectivity index (χ0v) is 5.59. The second kappa shape index (κ2) is 4.69. The molecule has 0 amide bonds. The van der Waals surface area contributed by atoms with E-state index in [2.05, 4.69) is 0 Å². The highest BCUT2D eigenvalue weighted by Crippen LogP contribution is 1.88. The van der Waals surface area contributed by atoms with Gasteiger partial charge in [-0.3, -0.25) is 0 Å². The van der Waals surface area contributed by atoms with E-state index in [0.717, 1.165) is 6.42 Å². The number of hydrogen-bond donors (Lipinski definition) is 4. The van der Waals surface area contributed by atoms with Crippen LogP contribution in [0.5, 0.6) is 0 Å². The topological polar surface area (TPSA) is 104 Å². The molecule has 0 rings (SSSR count). The summed E-state index contributed by atoms with van der Waals surface area (Å²) in [5.74, 6) is 0. The van der Waals surface area contributed by atoms with Crippen LogP contribution in [-0.2, 0) is 0 Å². The summed E-state index contributed by atoms with van der Waals surface area (Å²) in [5, 5.41) is 0. The maximum Gasteiger partial charge on any atom is 0.0317 e. The third kappa shape index (κ3) is 3.42. The van der Waals surface area contributed by atoms with Gasteiger partial charge in [-0.25, -0.2) is 0 Å². The van der Waals surface area contributed by atoms with Crippen LogP contribution in [0.3, 0.4) is 0 Å². The zero-order chi connectivity index (χ0) is 7.28. The van der Waals surface area contributed by atoms with E-state index in [9.17, 15) is 0 Å². The fraction of sp³-hybridized carbons (Fsp3) is 1.00. The molecule has 4 heteroatoms. The summed E-state index contributed by atoms with van der Waals surface area (Å²) in [4.78, 5) is 0. The first-order valence-corrected chi connectivity index (χ1v) is 3.13. The second-order valence-electron chi connectivity index (χ2n) is 2.14. The van der Waals surface area contributed by atoms with Gasteiger partial charge < -0.3 is 22.9 Å². The van der Waals surface area contributed by atoms with Gasteiger partial charge in [-0.15, -0.1) is 0 Å². The van der Waals surface area contributed by atoms with E-state index in [0.29, 0.717) is 13.1 Å². The zero-order valence-electron chi connectivity index (χ0n) is 5.59. The monoisotopic (exact) mass is 132 g/mol. The van der Waals surface area contributed by atoms with Crippen molar-refractivity contribution in [1.82, 2.24) is 0 Å². The Morgan fingerprint density at radius 2 is 1.56 bits per heavy atom. The lowest BCUT2D eigenvalue weighted by atomic mass is 10.1. The summed E-state index contributed by atoms with van der Waals surface area (Å²) in [6.07, 6.45) is 0.748. The van der Waals surface area contributed by atoms with Crippen LogP contribution in [0.25, 0.3) is 0 Å². The molecule has 0 saturated carbocycles. The Bertz CT molecular complexity index is 66.0. The molecule has 9 heavy (non-hydrogen) atoms. The van der Waals surface area contributed by atoms with Crippen LogP contribution in [0.2, 0.25) is 0 Å². The Kier molecular flexibility index (Phi) is 4.61. The van der Waals surface area contributed by atoms with Gasteiger partial charge in [0.05, 0.1) is 0 Å². The second-order valence-corrected chi connectivity index (χ2v) is 2.14. The molecule has 0 aromatic carbocycles. The van der Waals surface area contributed by atoms with E-state index < -0.39 is 0 Å². The molecule has 0 radical (unpaired) electrons. The van der Waals surface area contributed by atoms with E-state index >= 15 is 0 Å². The standard InChI is InChI=1S/C5H16N4/c6-2-1-4(8)5(9)3-7/h4-5H,1-3,6-9H2. The molecule has 2 unspecified atom stereocenters. The first-order valence-electron chi connectivity index (χ1n) is 3.13. The molecule has 0 spiro atoms. The largest absolute Gasteiger partial charge is 0.330 e. The van der Waals surface area contributed by atoms with Crippen molar-refractivity contribution < 1.29 is 0 Å². The molecule has 0 heterocycles. The summed E-state index contributed by atoms with van der Waals surface area (Å²) in [6, 6.07) is -0.145. The Balaban J connectivity index is 3.32. The molecule has 2 atom stereocenters. The Labute approximate surface area is 55.6 Å². The highest BCUT2D eigenvalue weighted by Gasteiger charge is 2.08. The molecular formula is C5H16N4. The summed E-state index contributed by atoms with van der Waals surface area (Å²) in [5.41, 5.74) is 21.6. The van der Waals surface area contributed by atoms with Crippen LogP contribution in [0.1, 0.15) is 6.42 Å². The van der Waals surface area contributed by atoms with Gasteiger partial charge in [0.2, 0.25) is 0 Å². The van der Waals surface area contributed by atoms with Gasteiger partial charge in [0, 0.05) is 18.6 Å². The van der Waals surface area contributed by atoms with Crippen molar-refractivity contribution in [3.05, 3.63) is 0 Å². The predicted octanol–water partition coefficient (Wildman–Crippen LogP) is -2.05. The quantitative estimate of drug-likeness (QED) is 0.353. The van der Waals surface area contributed by atoms with Crippen molar-refractivity contribution >= 4 is 0 Å². The summed E-state index contributed by atoms with van der Waals surface area (Å²) in [6.45, 7) is 1.01. The fourth-order valence-electron chi connectivity index (χ4n) is 0.581. The molecular weight excluding hydrogens is 116 g/mol. The van der Waals surface area contributed by atoms with Crippen LogP contribution in [-0.4, -0.2) is 25.2 Å². The fourth-order valence-corrected chi connectivity index (χ4v) is 0.581. The third-order valence-electron chi connectivity index (χ3n) is 1.32. The highest BCUT2D eigenvalue weighted by molar-refractivity contribution is 4.76. The van der Waals surface area contributed by atoms with Crippen molar-refractivity contribution in [3.63, 3.8) is 0 Å². The molecule has 0 aliphatic heterocycles. The van der Waals surface area contributed by atoms with Crippen molar-refractivity contribution in [2.24, 2.45) is 22.9 Å². The molecule has 0 saturated heterocycles. The first kappa shape index (κ1) is 8.84. The molecule has 4 nitrogen and oxygen atoms in total. The van der Waals surface area contributed by atoms with Crippen molar-refractivity contribution in [3.8, 4) is 0 Å². The Hall–Kier alpha value is -0.160. The Morgan fingerprint density at radius 1 is 1.00 bits per heavy atom. The lowest BCUT2D eigenvalue weighted by Crippen LogP contribution is -2.47. The van der Waals surface area contributed by atoms with Crippen molar-refractivity contribution in [2.45, 2.75) is 18.5 Å². The highest BCUT2D eigenvalue weighted by atomic mass is 14.8. The van der Waals surface area contributed by atoms with Crippen molar-refractivity contribution in [1.29, 1.82) is 0 Å². The number of nitrogens with two attached hydrogens (primary N) is 4. The maximum atomic E-state index is 5.55. The minimum Gasteiger partial charge on any atom is -0.330 e. The summed E-state index contributed by atoms with van der Waals surface area (Å²) in [7, 11) is 0. The van der Waals surface area contributed by atoms with E-state index in [1.165, 1.54) is 0 Å². The molecule has 0 bridgehead atoms. The van der Waals surface area contributed by atoms with E-state index in [1.807, 2.05) is 0 Å². The molecule has 0 fully saturated rings. The van der Waals surface area contributed by atoms with E-state index in [4.69, 9.17) is 22.9 Å². The van der Waals surface area contributed by atoms with Gasteiger partial charge in [-0.2, -0.15) is 0 Å². The summed E-state index contributed by atoms with van der Waals surface area (Å²) < 4.78 is 0. The molecule has 0 aromatic heterocycles. The van der Waals surface area contributed by atoms with Crippen LogP contribution in [0.4, 0.5) is 0 Å². The van der Waals surface area contributed by atoms with Crippen LogP contribution in [0, 0.1) is 0 Å². The van der Waals surface area contributed by atoms with Crippen LogP contribution < -0.4 is 22.9 Å². The molecule has 56 valence electrons. The normalized spacial score (nSPS) is 17.3. The number of rotatable bonds is 4. The molecule has 8 N–H and O–H groups in total. The van der Waals surface area contributed by atoms with Gasteiger partial charge in [-0.05, 0) is 13.0 Å². The molecule has 0 aromatic rings. The average Bonchev–Trinajstić information content (AvgIpc) is 1.87. The molecule has 0 aliphatic carbocycles. The summed E-state index contributed by atoms with van der Waals surface area (Å²) >= 11 is 0. The van der Waals surface area contributed by atoms with E-state index in [-0.39, 0.29) is 12.1 Å². The third-order valence-corrected chi connectivity index (χ3v) is 1.32. The minimum absolute atomic E-state index is 0.0417. The lowest BCUT2D eigenvalue weighted by Gasteiger charge is -2.16. The van der Waals surface area contributed by atoms with Gasteiger partial charge in [0.1, 0.15) is 0 Å². The SMILES string of the molecule is NCCC(N)C(N)CN. The van der Waals surface area contributed by atoms with E-state index in [1.54, 1.807) is 0 Å². The maximum absolute atomic E-state index is 5.55. The smallest absolute Gasteiger partial charge is 0.0317 e. The van der Waals surface area contributed by atoms with Crippen LogP contribution >= 0.6 is 0 Å². The number of hydrogen-bond acceptors (Lipinski definition) is 4. The minimum atomic E-state index is -0.103. The predicted molar refractivity (Wildman–Crippen MR) is 38.7 cm³/mol. The van der Waals surface area contributed by atoms with Crippen molar-refractivity contribution in [2.75, 3.05) is 13.1 Å². The molecule has 0 aliphatic rings. The van der Waals surface area contributed by atoms with Gasteiger partial charge in [0.15, 0.2) is 0 Å². The van der Waals surface area contributed by atoms with Gasteiger partial charge >= 0.3 is 0 Å². The van der Waals surface area contributed by atoms with Crippen LogP contribution in [0.15, 0.2) is 0 Å². The lowest BCUT2D eigenvalue weighted by molar-refractivity contribution is 0.507. The average molecular weight is 132 g/mol. The first-order chi connectivity index (χ1) is 4.22. The van der Waals surface area contributed by atoms with Gasteiger partial charge in [0.25, 0.3) is 0 Å². The van der Waals surface area contributed by atoms with Gasteiger partial charge in [-0.1, -0.05) is 0 Å². The Morgan fingerprint density at radius 3 is 1.89 bits per heavy atom.